The third-order valence-corrected chi connectivity index (χ3v) is 2.95. The van der Waals surface area contributed by atoms with Crippen LogP contribution in [0.5, 0.6) is 0 Å². The summed E-state index contributed by atoms with van der Waals surface area (Å²) >= 11 is 0. The molecule has 1 saturated carbocycles. The van der Waals surface area contributed by atoms with Gasteiger partial charge in [0, 0.05) is 6.54 Å². The van der Waals surface area contributed by atoms with E-state index in [1.54, 1.807) is 0 Å². The van der Waals surface area contributed by atoms with Gasteiger partial charge in [-0.15, -0.1) is 0 Å². The molecule has 0 aromatic rings. The van der Waals surface area contributed by atoms with E-state index in [9.17, 15) is 9.90 Å². The maximum atomic E-state index is 10.8. The second-order valence-electron chi connectivity index (χ2n) is 4.25. The van der Waals surface area contributed by atoms with Gasteiger partial charge in [0.15, 0.2) is 0 Å². The fourth-order valence-electron chi connectivity index (χ4n) is 1.79. The number of carbonyl (C=O) groups is 1. The lowest BCUT2D eigenvalue weighted by Crippen LogP contribution is -2.45. The van der Waals surface area contributed by atoms with Crippen LogP contribution in [0.1, 0.15) is 32.6 Å². The number of rotatable bonds is 2. The number of nitrogens with one attached hydrogen (secondary N) is 1. The Labute approximate surface area is 84.6 Å². The molecule has 1 rings (SSSR count). The Balaban J connectivity index is 2.31. The van der Waals surface area contributed by atoms with Crippen molar-refractivity contribution in [3.63, 3.8) is 0 Å². The molecule has 0 unspecified atom stereocenters. The summed E-state index contributed by atoms with van der Waals surface area (Å²) in [4.78, 5) is 10.8. The van der Waals surface area contributed by atoms with E-state index in [1.165, 1.54) is 7.11 Å². The second kappa shape index (κ2) is 4.64. The van der Waals surface area contributed by atoms with Crippen molar-refractivity contribution < 1.29 is 14.6 Å². The van der Waals surface area contributed by atoms with Crippen LogP contribution in [0.25, 0.3) is 0 Å². The van der Waals surface area contributed by atoms with Crippen molar-refractivity contribution in [3.05, 3.63) is 0 Å². The van der Waals surface area contributed by atoms with Gasteiger partial charge < -0.3 is 15.2 Å². The molecular weight excluding hydrogens is 182 g/mol. The van der Waals surface area contributed by atoms with Crippen LogP contribution in [0, 0.1) is 5.92 Å². The van der Waals surface area contributed by atoms with E-state index in [1.807, 2.05) is 0 Å². The van der Waals surface area contributed by atoms with Crippen LogP contribution in [-0.4, -0.2) is 30.5 Å². The van der Waals surface area contributed by atoms with Crippen molar-refractivity contribution in [2.75, 3.05) is 13.7 Å². The number of methoxy groups -OCH3 is 1. The topological polar surface area (TPSA) is 58.6 Å². The van der Waals surface area contributed by atoms with Gasteiger partial charge in [-0.25, -0.2) is 4.79 Å². The van der Waals surface area contributed by atoms with E-state index >= 15 is 0 Å². The number of hydrogen-bond acceptors (Lipinski definition) is 3. The summed E-state index contributed by atoms with van der Waals surface area (Å²) < 4.78 is 4.45. The molecule has 4 nitrogen and oxygen atoms in total. The maximum absolute atomic E-state index is 10.8. The molecule has 0 spiro atoms. The lowest BCUT2D eigenvalue weighted by atomic mass is 9.79. The fourth-order valence-corrected chi connectivity index (χ4v) is 1.79. The number of carbonyl (C=O) groups excluding carboxylic acids is 1. The van der Waals surface area contributed by atoms with Crippen LogP contribution in [0.15, 0.2) is 0 Å². The molecular formula is C10H19NO3. The van der Waals surface area contributed by atoms with E-state index in [4.69, 9.17) is 0 Å². The molecule has 14 heavy (non-hydrogen) atoms. The first-order valence-corrected chi connectivity index (χ1v) is 5.10. The predicted molar refractivity (Wildman–Crippen MR) is 53.0 cm³/mol. The highest BCUT2D eigenvalue weighted by Crippen LogP contribution is 2.31. The molecule has 0 bridgehead atoms. The Bertz CT molecular complexity index is 198. The lowest BCUT2D eigenvalue weighted by molar-refractivity contribution is -0.00570. The van der Waals surface area contributed by atoms with Crippen molar-refractivity contribution in [2.24, 2.45) is 5.92 Å². The molecule has 82 valence electrons. The molecule has 0 aliphatic heterocycles. The highest BCUT2D eigenvalue weighted by Gasteiger charge is 2.31. The minimum Gasteiger partial charge on any atom is -0.453 e. The summed E-state index contributed by atoms with van der Waals surface area (Å²) in [6.07, 6.45) is 3.10. The highest BCUT2D eigenvalue weighted by atomic mass is 16.5. The van der Waals surface area contributed by atoms with Crippen LogP contribution in [-0.2, 0) is 4.74 Å². The third-order valence-electron chi connectivity index (χ3n) is 2.95. The Morgan fingerprint density at radius 3 is 2.64 bits per heavy atom. The molecule has 1 aliphatic carbocycles. The Morgan fingerprint density at radius 2 is 2.14 bits per heavy atom. The molecule has 2 N–H and O–H groups in total. The Hall–Kier alpha value is -0.770. The van der Waals surface area contributed by atoms with Crippen molar-refractivity contribution >= 4 is 6.09 Å². The van der Waals surface area contributed by atoms with Gasteiger partial charge in [0.05, 0.1) is 12.7 Å². The summed E-state index contributed by atoms with van der Waals surface area (Å²) in [6, 6.07) is 0. The van der Waals surface area contributed by atoms with Crippen LogP contribution < -0.4 is 5.32 Å². The molecule has 0 aromatic heterocycles. The first-order valence-electron chi connectivity index (χ1n) is 5.10. The molecule has 1 amide bonds. The molecule has 0 atom stereocenters. The summed E-state index contributed by atoms with van der Waals surface area (Å²) in [5.74, 6) is 0.688. The van der Waals surface area contributed by atoms with E-state index < -0.39 is 11.7 Å². The van der Waals surface area contributed by atoms with E-state index in [2.05, 4.69) is 17.0 Å². The monoisotopic (exact) mass is 201 g/mol. The van der Waals surface area contributed by atoms with Crippen LogP contribution in [0.4, 0.5) is 4.79 Å². The minimum atomic E-state index is -0.722. The first-order chi connectivity index (χ1) is 6.56. The average molecular weight is 201 g/mol. The molecule has 0 radical (unpaired) electrons. The van der Waals surface area contributed by atoms with Gasteiger partial charge in [-0.05, 0) is 31.6 Å². The number of alkyl carbamates (subject to hydrolysis) is 1. The summed E-state index contributed by atoms with van der Waals surface area (Å²) in [5.41, 5.74) is -0.722. The van der Waals surface area contributed by atoms with Crippen LogP contribution in [0.3, 0.4) is 0 Å². The summed E-state index contributed by atoms with van der Waals surface area (Å²) in [6.45, 7) is 2.49. The van der Waals surface area contributed by atoms with Crippen molar-refractivity contribution in [2.45, 2.75) is 38.2 Å². The van der Waals surface area contributed by atoms with Gasteiger partial charge in [-0.1, -0.05) is 6.92 Å². The molecule has 0 heterocycles. The van der Waals surface area contributed by atoms with Gasteiger partial charge in [-0.2, -0.15) is 0 Å². The zero-order chi connectivity index (χ0) is 10.6. The molecule has 0 aromatic carbocycles. The number of hydrogen-bond donors (Lipinski definition) is 2. The fraction of sp³-hybridized carbons (Fsp3) is 0.900. The molecule has 1 fully saturated rings. The van der Waals surface area contributed by atoms with Crippen molar-refractivity contribution in [1.82, 2.24) is 5.32 Å². The summed E-state index contributed by atoms with van der Waals surface area (Å²) in [5, 5.41) is 12.6. The van der Waals surface area contributed by atoms with Gasteiger partial charge in [0.2, 0.25) is 0 Å². The van der Waals surface area contributed by atoms with Crippen LogP contribution >= 0.6 is 0 Å². The quantitative estimate of drug-likeness (QED) is 0.707. The highest BCUT2D eigenvalue weighted by molar-refractivity contribution is 5.66. The largest absolute Gasteiger partial charge is 0.453 e. The number of ether oxygens (including phenoxy) is 1. The standard InChI is InChI=1S/C10H19NO3/c1-8-3-5-10(13,6-4-8)7-11-9(12)14-2/h8,13H,3-7H2,1-2H3,(H,11,12). The Kier molecular flexibility index (Phi) is 3.75. The molecule has 4 heteroatoms. The van der Waals surface area contributed by atoms with E-state index in [-0.39, 0.29) is 0 Å². The SMILES string of the molecule is COC(=O)NCC1(O)CCC(C)CC1. The zero-order valence-electron chi connectivity index (χ0n) is 8.88. The smallest absolute Gasteiger partial charge is 0.406 e. The normalized spacial score (nSPS) is 32.4. The molecule has 1 aliphatic rings. The van der Waals surface area contributed by atoms with Gasteiger partial charge in [0.1, 0.15) is 0 Å². The zero-order valence-corrected chi connectivity index (χ0v) is 8.88. The first kappa shape index (κ1) is 11.3. The predicted octanol–water partition coefficient (Wildman–Crippen LogP) is 1.28. The number of aliphatic hydroxyl groups is 1. The van der Waals surface area contributed by atoms with Crippen molar-refractivity contribution in [1.29, 1.82) is 0 Å². The Morgan fingerprint density at radius 1 is 1.57 bits per heavy atom. The van der Waals surface area contributed by atoms with Gasteiger partial charge in [-0.3, -0.25) is 0 Å². The van der Waals surface area contributed by atoms with E-state index in [0.717, 1.165) is 25.7 Å². The average Bonchev–Trinajstić information content (AvgIpc) is 2.20. The minimum absolute atomic E-state index is 0.298. The van der Waals surface area contributed by atoms with Crippen molar-refractivity contribution in [3.8, 4) is 0 Å². The molecule has 0 saturated heterocycles. The van der Waals surface area contributed by atoms with E-state index in [0.29, 0.717) is 12.5 Å². The second-order valence-corrected chi connectivity index (χ2v) is 4.25. The summed E-state index contributed by atoms with van der Waals surface area (Å²) in [7, 11) is 1.32. The maximum Gasteiger partial charge on any atom is 0.406 e. The van der Waals surface area contributed by atoms with Crippen LogP contribution in [0.2, 0.25) is 0 Å². The van der Waals surface area contributed by atoms with Gasteiger partial charge >= 0.3 is 6.09 Å². The lowest BCUT2D eigenvalue weighted by Gasteiger charge is -2.34. The van der Waals surface area contributed by atoms with Gasteiger partial charge in [0.25, 0.3) is 0 Å². The third kappa shape index (κ3) is 3.18. The number of amides is 1.